The van der Waals surface area contributed by atoms with E-state index < -0.39 is 47.9 Å². The summed E-state index contributed by atoms with van der Waals surface area (Å²) in [6.07, 6.45) is 4.01. The van der Waals surface area contributed by atoms with Crippen molar-refractivity contribution in [3.05, 3.63) is 11.8 Å². The lowest BCUT2D eigenvalue weighted by Gasteiger charge is -2.48. The van der Waals surface area contributed by atoms with Crippen molar-refractivity contribution in [1.29, 1.82) is 0 Å². The highest BCUT2D eigenvalue weighted by Crippen LogP contribution is 2.53. The van der Waals surface area contributed by atoms with Crippen LogP contribution in [-0.4, -0.2) is 53.3 Å². The lowest BCUT2D eigenvalue weighted by molar-refractivity contribution is -0.116. The number of hydrogen-bond acceptors (Lipinski definition) is 6. The fourth-order valence-corrected chi connectivity index (χ4v) is 6.22. The van der Waals surface area contributed by atoms with E-state index in [1.165, 1.54) is 6.08 Å². The summed E-state index contributed by atoms with van der Waals surface area (Å²) in [5, 5.41) is -0.154. The molecule has 0 bridgehead atoms. The van der Waals surface area contributed by atoms with Gasteiger partial charge in [-0.05, 0) is 37.0 Å². The molecule has 0 spiro atoms. The predicted octanol–water partition coefficient (Wildman–Crippen LogP) is 4.87. The number of methoxy groups -OCH3 is 1. The molecule has 11 heteroatoms. The number of halogens is 3. The number of rotatable bonds is 6. The minimum atomic E-state index is -5.79. The van der Waals surface area contributed by atoms with Gasteiger partial charge in [-0.1, -0.05) is 40.0 Å². The summed E-state index contributed by atoms with van der Waals surface area (Å²) in [4.78, 5) is 0. The highest BCUT2D eigenvalue weighted by molar-refractivity contribution is 7.87. The van der Waals surface area contributed by atoms with E-state index in [2.05, 4.69) is 25.0 Å². The molecular weight excluding hydrogens is 453 g/mol. The summed E-state index contributed by atoms with van der Waals surface area (Å²) in [5.41, 5.74) is -6.04. The molecule has 1 saturated carbocycles. The second kappa shape index (κ2) is 8.00. The van der Waals surface area contributed by atoms with Gasteiger partial charge in [0.2, 0.25) is 0 Å². The smallest absolute Gasteiger partial charge is 0.410 e. The van der Waals surface area contributed by atoms with Gasteiger partial charge in [-0.25, -0.2) is 0 Å². The van der Waals surface area contributed by atoms with Crippen LogP contribution < -0.4 is 0 Å². The van der Waals surface area contributed by atoms with Gasteiger partial charge < -0.3 is 18.1 Å². The van der Waals surface area contributed by atoms with Crippen LogP contribution in [0.2, 0.25) is 18.1 Å². The zero-order valence-electron chi connectivity index (χ0n) is 18.9. The fourth-order valence-electron chi connectivity index (χ4n) is 4.47. The van der Waals surface area contributed by atoms with E-state index in [1.807, 2.05) is 13.1 Å². The topological polar surface area (TPSA) is 74.4 Å². The normalized spacial score (nSPS) is 31.6. The van der Waals surface area contributed by atoms with E-state index in [0.29, 0.717) is 0 Å². The molecule has 1 heterocycles. The van der Waals surface area contributed by atoms with Gasteiger partial charge in [-0.2, -0.15) is 21.6 Å². The van der Waals surface area contributed by atoms with Crippen LogP contribution in [0.1, 0.15) is 52.9 Å². The Hall–Kier alpha value is -0.623. The van der Waals surface area contributed by atoms with Crippen LogP contribution in [0.4, 0.5) is 13.2 Å². The van der Waals surface area contributed by atoms with E-state index in [-0.39, 0.29) is 16.7 Å². The highest BCUT2D eigenvalue weighted by atomic mass is 32.2. The maximum absolute atomic E-state index is 12.9. The Labute approximate surface area is 183 Å². The van der Waals surface area contributed by atoms with Gasteiger partial charge in [0.1, 0.15) is 18.0 Å². The third-order valence-electron chi connectivity index (χ3n) is 7.28. The van der Waals surface area contributed by atoms with Crippen LogP contribution in [0.15, 0.2) is 11.8 Å². The van der Waals surface area contributed by atoms with Crippen molar-refractivity contribution in [3.63, 3.8) is 0 Å². The van der Waals surface area contributed by atoms with E-state index in [0.717, 1.165) is 32.1 Å². The van der Waals surface area contributed by atoms with Crippen molar-refractivity contribution < 1.29 is 39.7 Å². The minimum absolute atomic E-state index is 0.154. The number of epoxide rings is 1. The van der Waals surface area contributed by atoms with Crippen LogP contribution in [0, 0.1) is 5.92 Å². The molecular formula is C20H33F3O6SSi. The molecule has 0 unspecified atom stereocenters. The van der Waals surface area contributed by atoms with Crippen molar-refractivity contribution in [3.8, 4) is 0 Å². The lowest BCUT2D eigenvalue weighted by atomic mass is 9.69. The minimum Gasteiger partial charge on any atom is -0.410 e. The van der Waals surface area contributed by atoms with Gasteiger partial charge in [0.05, 0.1) is 11.7 Å². The zero-order chi connectivity index (χ0) is 23.5. The molecule has 2 aliphatic carbocycles. The van der Waals surface area contributed by atoms with Crippen LogP contribution in [-0.2, 0) is 28.2 Å². The number of alkyl halides is 3. The van der Waals surface area contributed by atoms with Gasteiger partial charge >= 0.3 is 15.6 Å². The molecule has 1 saturated heterocycles. The third-order valence-corrected chi connectivity index (χ3v) is 12.7. The molecule has 180 valence electrons. The van der Waals surface area contributed by atoms with Gasteiger partial charge in [0.25, 0.3) is 0 Å². The second-order valence-electron chi connectivity index (χ2n) is 10.3. The predicted molar refractivity (Wildman–Crippen MR) is 111 cm³/mol. The fraction of sp³-hybridized carbons (Fsp3) is 0.900. The van der Waals surface area contributed by atoms with Crippen LogP contribution >= 0.6 is 0 Å². The van der Waals surface area contributed by atoms with E-state index >= 15 is 0 Å². The highest BCUT2D eigenvalue weighted by Gasteiger charge is 2.64. The number of ether oxygens (including phenoxy) is 2. The molecule has 3 rings (SSSR count). The SMILES string of the molecule is COC1([C@H]2[C@H]3O[C@H]3C(OS(=O)(=O)C(F)(F)F)=C[C@H]2O[Si](C)(C)C(C)(C)C)CCCCC1. The molecule has 0 N–H and O–H groups in total. The monoisotopic (exact) mass is 486 g/mol. The van der Waals surface area contributed by atoms with Gasteiger partial charge in [-0.3, -0.25) is 0 Å². The molecule has 3 aliphatic rings. The first-order valence-corrected chi connectivity index (χ1v) is 15.0. The van der Waals surface area contributed by atoms with E-state index in [4.69, 9.17) is 13.9 Å². The number of fused-ring (bicyclic) bond motifs is 1. The Morgan fingerprint density at radius 1 is 1.13 bits per heavy atom. The molecule has 2 fully saturated rings. The van der Waals surface area contributed by atoms with E-state index in [9.17, 15) is 21.6 Å². The molecule has 0 amide bonds. The number of hydrogen-bond donors (Lipinski definition) is 0. The van der Waals surface area contributed by atoms with Crippen LogP contribution in [0.3, 0.4) is 0 Å². The Balaban J connectivity index is 2.00. The van der Waals surface area contributed by atoms with Gasteiger partial charge in [-0.15, -0.1) is 0 Å². The molecule has 0 aromatic carbocycles. The maximum Gasteiger partial charge on any atom is 0.534 e. The first-order chi connectivity index (χ1) is 14.0. The van der Waals surface area contributed by atoms with Crippen LogP contribution in [0.5, 0.6) is 0 Å². The van der Waals surface area contributed by atoms with Gasteiger partial charge in [0, 0.05) is 13.0 Å². The lowest BCUT2D eigenvalue weighted by Crippen LogP contribution is -2.55. The van der Waals surface area contributed by atoms with Crippen molar-refractivity contribution in [1.82, 2.24) is 0 Å². The zero-order valence-corrected chi connectivity index (χ0v) is 20.7. The summed E-state index contributed by atoms with van der Waals surface area (Å²) in [5.74, 6) is -0.595. The van der Waals surface area contributed by atoms with Gasteiger partial charge in [0.15, 0.2) is 8.32 Å². The molecule has 0 aromatic heterocycles. The Morgan fingerprint density at radius 3 is 2.19 bits per heavy atom. The quantitative estimate of drug-likeness (QED) is 0.231. The average molecular weight is 487 g/mol. The summed E-state index contributed by atoms with van der Waals surface area (Å²) in [6.45, 7) is 10.3. The van der Waals surface area contributed by atoms with Crippen molar-refractivity contribution in [2.75, 3.05) is 7.11 Å². The molecule has 1 aliphatic heterocycles. The van der Waals surface area contributed by atoms with Crippen molar-refractivity contribution in [2.24, 2.45) is 5.92 Å². The van der Waals surface area contributed by atoms with Crippen LogP contribution in [0.25, 0.3) is 0 Å². The Bertz CT molecular complexity index is 812. The largest absolute Gasteiger partial charge is 0.534 e. The molecule has 6 nitrogen and oxygen atoms in total. The summed E-state index contributed by atoms with van der Waals surface area (Å²) < 4.78 is 84.9. The first-order valence-electron chi connectivity index (χ1n) is 10.7. The second-order valence-corrected chi connectivity index (χ2v) is 16.6. The maximum atomic E-state index is 12.9. The standard InChI is InChI=1S/C20H33F3O6SSi/c1-18(2,3)31(5,6)29-13-12-14(28-30(24,25)20(21,22)23)16-17(27-16)15(13)19(26-4)10-8-7-9-11-19/h12-13,15-17H,7-11H2,1-6H3/t13-,15-,16+,17-/m1/s1. The molecule has 4 atom stereocenters. The third kappa shape index (κ3) is 4.71. The summed E-state index contributed by atoms with van der Waals surface area (Å²) in [6, 6.07) is 0. The Morgan fingerprint density at radius 2 is 1.71 bits per heavy atom. The summed E-state index contributed by atoms with van der Waals surface area (Å²) >= 11 is 0. The van der Waals surface area contributed by atoms with Crippen molar-refractivity contribution in [2.45, 2.75) is 100 Å². The van der Waals surface area contributed by atoms with Crippen molar-refractivity contribution >= 4 is 18.4 Å². The first kappa shape index (κ1) is 25.0. The Kier molecular flexibility index (Phi) is 6.45. The average Bonchev–Trinajstić information content (AvgIpc) is 3.40. The molecule has 31 heavy (non-hydrogen) atoms. The molecule has 0 aromatic rings. The summed E-state index contributed by atoms with van der Waals surface area (Å²) in [7, 11) is -6.50. The molecule has 0 radical (unpaired) electrons. The van der Waals surface area contributed by atoms with E-state index in [1.54, 1.807) is 7.11 Å².